The second-order valence-corrected chi connectivity index (χ2v) is 7.55. The Balaban J connectivity index is 0.00000364. The zero-order valence-corrected chi connectivity index (χ0v) is 19.5. The van der Waals surface area contributed by atoms with Crippen molar-refractivity contribution in [2.24, 2.45) is 10.9 Å². The fraction of sp³-hybridized carbons (Fsp3) is 0.476. The van der Waals surface area contributed by atoms with Gasteiger partial charge in [0.2, 0.25) is 0 Å². The Bertz CT molecular complexity index is 620. The van der Waals surface area contributed by atoms with Crippen molar-refractivity contribution in [3.05, 3.63) is 58.3 Å². The lowest BCUT2D eigenvalue weighted by Gasteiger charge is -2.15. The Morgan fingerprint density at radius 2 is 1.93 bits per heavy atom. The van der Waals surface area contributed by atoms with Crippen LogP contribution in [0.1, 0.15) is 30.2 Å². The molecule has 1 aromatic heterocycles. The number of hydrogen-bond donors (Lipinski definition) is 2. The molecule has 0 radical (unpaired) electrons. The average Bonchev–Trinajstić information content (AvgIpc) is 3.17. The van der Waals surface area contributed by atoms with Crippen LogP contribution in [-0.4, -0.2) is 32.7 Å². The number of aliphatic imine (C=N–C) groups is 1. The number of ether oxygens (including phenoxy) is 1. The molecule has 4 nitrogen and oxygen atoms in total. The van der Waals surface area contributed by atoms with Gasteiger partial charge in [-0.25, -0.2) is 0 Å². The second kappa shape index (κ2) is 14.9. The van der Waals surface area contributed by atoms with Crippen molar-refractivity contribution in [1.29, 1.82) is 0 Å². The van der Waals surface area contributed by atoms with Crippen LogP contribution in [0.2, 0.25) is 0 Å². The molecule has 2 aromatic rings. The molecule has 0 aliphatic heterocycles. The Morgan fingerprint density at radius 1 is 1.11 bits per heavy atom. The van der Waals surface area contributed by atoms with E-state index in [1.807, 2.05) is 36.6 Å². The lowest BCUT2D eigenvalue weighted by molar-refractivity contribution is 0.117. The van der Waals surface area contributed by atoms with Crippen LogP contribution in [0.5, 0.6) is 0 Å². The Morgan fingerprint density at radius 3 is 2.63 bits per heavy atom. The van der Waals surface area contributed by atoms with Crippen LogP contribution in [0.15, 0.2) is 52.8 Å². The van der Waals surface area contributed by atoms with E-state index in [1.54, 1.807) is 0 Å². The minimum Gasteiger partial charge on any atom is -0.377 e. The number of benzene rings is 1. The first kappa shape index (κ1) is 23.9. The third-order valence-electron chi connectivity index (χ3n) is 4.09. The SMILES string of the molecule is CN=C(NCCCCOCc1ccccc1)NCC(C)Cc1cccs1.I. The van der Waals surface area contributed by atoms with Gasteiger partial charge in [-0.2, -0.15) is 0 Å². The molecule has 0 amide bonds. The van der Waals surface area contributed by atoms with Crippen LogP contribution in [0.3, 0.4) is 0 Å². The lowest BCUT2D eigenvalue weighted by atomic mass is 10.1. The molecule has 1 atom stereocenters. The molecule has 1 heterocycles. The average molecular weight is 501 g/mol. The highest BCUT2D eigenvalue weighted by atomic mass is 127. The maximum atomic E-state index is 5.71. The van der Waals surface area contributed by atoms with Gasteiger partial charge in [-0.15, -0.1) is 35.3 Å². The summed E-state index contributed by atoms with van der Waals surface area (Å²) in [6, 6.07) is 14.6. The summed E-state index contributed by atoms with van der Waals surface area (Å²) in [5.41, 5.74) is 1.23. The molecule has 0 saturated heterocycles. The smallest absolute Gasteiger partial charge is 0.190 e. The molecule has 1 unspecified atom stereocenters. The summed E-state index contributed by atoms with van der Waals surface area (Å²) in [4.78, 5) is 5.74. The number of rotatable bonds is 11. The maximum absolute atomic E-state index is 5.71. The van der Waals surface area contributed by atoms with Gasteiger partial charge in [-0.05, 0) is 42.2 Å². The standard InChI is InChI=1S/C21H31N3OS.HI/c1-18(15-20-11-8-14-26-20)16-24-21(22-2)23-12-6-7-13-25-17-19-9-4-3-5-10-19;/h3-5,8-11,14,18H,6-7,12-13,15-17H2,1-2H3,(H2,22,23,24);1H. The Hall–Kier alpha value is -1.12. The molecule has 150 valence electrons. The summed E-state index contributed by atoms with van der Waals surface area (Å²) in [5, 5.41) is 8.93. The second-order valence-electron chi connectivity index (χ2n) is 6.51. The van der Waals surface area contributed by atoms with E-state index in [9.17, 15) is 0 Å². The van der Waals surface area contributed by atoms with Crippen molar-refractivity contribution in [3.8, 4) is 0 Å². The van der Waals surface area contributed by atoms with Crippen molar-refractivity contribution in [2.75, 3.05) is 26.7 Å². The summed E-state index contributed by atoms with van der Waals surface area (Å²) in [6.45, 7) is 5.59. The van der Waals surface area contributed by atoms with Crippen LogP contribution in [-0.2, 0) is 17.8 Å². The van der Waals surface area contributed by atoms with Crippen LogP contribution in [0.25, 0.3) is 0 Å². The number of thiophene rings is 1. The predicted molar refractivity (Wildman–Crippen MR) is 127 cm³/mol. The van der Waals surface area contributed by atoms with E-state index >= 15 is 0 Å². The van der Waals surface area contributed by atoms with E-state index < -0.39 is 0 Å². The first-order valence-electron chi connectivity index (χ1n) is 9.36. The molecule has 2 N–H and O–H groups in total. The summed E-state index contributed by atoms with van der Waals surface area (Å²) >= 11 is 1.83. The van der Waals surface area contributed by atoms with Crippen molar-refractivity contribution >= 4 is 41.3 Å². The molecular weight excluding hydrogens is 469 g/mol. The van der Waals surface area contributed by atoms with Crippen LogP contribution in [0.4, 0.5) is 0 Å². The van der Waals surface area contributed by atoms with E-state index in [0.717, 1.165) is 44.9 Å². The molecule has 0 fully saturated rings. The lowest BCUT2D eigenvalue weighted by Crippen LogP contribution is -2.40. The molecule has 0 aliphatic rings. The number of nitrogens with one attached hydrogen (secondary N) is 2. The highest BCUT2D eigenvalue weighted by Crippen LogP contribution is 2.13. The largest absolute Gasteiger partial charge is 0.377 e. The molecule has 6 heteroatoms. The number of unbranched alkanes of at least 4 members (excludes halogenated alkanes) is 1. The molecule has 0 bridgehead atoms. The van der Waals surface area contributed by atoms with Gasteiger partial charge >= 0.3 is 0 Å². The number of guanidine groups is 1. The molecule has 27 heavy (non-hydrogen) atoms. The van der Waals surface area contributed by atoms with Crippen LogP contribution < -0.4 is 10.6 Å². The van der Waals surface area contributed by atoms with Gasteiger partial charge in [-0.1, -0.05) is 43.3 Å². The van der Waals surface area contributed by atoms with E-state index in [-0.39, 0.29) is 24.0 Å². The number of halogens is 1. The third-order valence-corrected chi connectivity index (χ3v) is 4.99. The fourth-order valence-electron chi connectivity index (χ4n) is 2.64. The summed E-state index contributed by atoms with van der Waals surface area (Å²) < 4.78 is 5.71. The minimum absolute atomic E-state index is 0. The van der Waals surface area contributed by atoms with E-state index in [4.69, 9.17) is 4.74 Å². The molecular formula is C21H32IN3OS. The molecule has 0 aliphatic carbocycles. The first-order chi connectivity index (χ1) is 12.8. The van der Waals surface area contributed by atoms with Crippen molar-refractivity contribution < 1.29 is 4.74 Å². The molecule has 2 rings (SSSR count). The predicted octanol–water partition coefficient (Wildman–Crippen LogP) is 4.71. The Labute approximate surface area is 184 Å². The summed E-state index contributed by atoms with van der Waals surface area (Å²) in [7, 11) is 1.82. The molecule has 0 spiro atoms. The Kier molecular flexibility index (Phi) is 13.2. The van der Waals surface area contributed by atoms with Crippen LogP contribution >= 0.6 is 35.3 Å². The normalized spacial score (nSPS) is 12.3. The van der Waals surface area contributed by atoms with Gasteiger partial charge in [0.25, 0.3) is 0 Å². The van der Waals surface area contributed by atoms with Gasteiger partial charge < -0.3 is 15.4 Å². The van der Waals surface area contributed by atoms with Crippen LogP contribution in [0, 0.1) is 5.92 Å². The first-order valence-corrected chi connectivity index (χ1v) is 10.2. The topological polar surface area (TPSA) is 45.7 Å². The van der Waals surface area contributed by atoms with Gasteiger partial charge in [0.05, 0.1) is 6.61 Å². The van der Waals surface area contributed by atoms with Gasteiger partial charge in [-0.3, -0.25) is 4.99 Å². The highest BCUT2D eigenvalue weighted by Gasteiger charge is 2.06. The van der Waals surface area contributed by atoms with Gasteiger partial charge in [0.15, 0.2) is 5.96 Å². The summed E-state index contributed by atoms with van der Waals surface area (Å²) in [6.07, 6.45) is 3.23. The zero-order chi connectivity index (χ0) is 18.5. The monoisotopic (exact) mass is 501 g/mol. The number of hydrogen-bond acceptors (Lipinski definition) is 3. The highest BCUT2D eigenvalue weighted by molar-refractivity contribution is 14.0. The molecule has 1 aromatic carbocycles. The van der Waals surface area contributed by atoms with Gasteiger partial charge in [0.1, 0.15) is 0 Å². The van der Waals surface area contributed by atoms with Gasteiger partial charge in [0, 0.05) is 31.6 Å². The van der Waals surface area contributed by atoms with E-state index in [2.05, 4.69) is 52.2 Å². The number of nitrogens with zero attached hydrogens (tertiary/aromatic N) is 1. The van der Waals surface area contributed by atoms with Crippen molar-refractivity contribution in [3.63, 3.8) is 0 Å². The fourth-order valence-corrected chi connectivity index (χ4v) is 3.51. The molecule has 0 saturated carbocycles. The van der Waals surface area contributed by atoms with Crippen molar-refractivity contribution in [1.82, 2.24) is 10.6 Å². The maximum Gasteiger partial charge on any atom is 0.190 e. The zero-order valence-electron chi connectivity index (χ0n) is 16.3. The van der Waals surface area contributed by atoms with E-state index in [1.165, 1.54) is 10.4 Å². The van der Waals surface area contributed by atoms with Crippen molar-refractivity contribution in [2.45, 2.75) is 32.8 Å². The summed E-state index contributed by atoms with van der Waals surface area (Å²) in [5.74, 6) is 1.46. The van der Waals surface area contributed by atoms with E-state index in [0.29, 0.717) is 12.5 Å². The quantitative estimate of drug-likeness (QED) is 0.203. The third kappa shape index (κ3) is 10.7. The minimum atomic E-state index is 0.